The van der Waals surface area contributed by atoms with Crippen LogP contribution in [0.2, 0.25) is 0 Å². The third kappa shape index (κ3) is 3.48. The highest BCUT2D eigenvalue weighted by molar-refractivity contribution is 9.10. The number of hydrogen-bond acceptors (Lipinski definition) is 5. The smallest absolute Gasteiger partial charge is 0.144 e. The molecular weight excluding hydrogens is 318 g/mol. The fraction of sp³-hybridized carbons (Fsp3) is 0.714. The zero-order valence-electron chi connectivity index (χ0n) is 12.8. The molecule has 112 valence electrons. The van der Waals surface area contributed by atoms with Crippen LogP contribution in [0.15, 0.2) is 4.47 Å². The Balaban J connectivity index is 2.20. The fourth-order valence-electron chi connectivity index (χ4n) is 2.57. The maximum atomic E-state index is 4.71. The van der Waals surface area contributed by atoms with Gasteiger partial charge in [0.1, 0.15) is 11.6 Å². The monoisotopic (exact) mass is 341 g/mol. The highest BCUT2D eigenvalue weighted by atomic mass is 79.9. The number of nitrogens with one attached hydrogen (secondary N) is 1. The lowest BCUT2D eigenvalue weighted by Gasteiger charge is -2.37. The molecule has 1 aromatic heterocycles. The van der Waals surface area contributed by atoms with Crippen LogP contribution in [0.4, 0.5) is 5.82 Å². The number of rotatable bonds is 4. The van der Waals surface area contributed by atoms with Gasteiger partial charge < -0.3 is 15.1 Å². The van der Waals surface area contributed by atoms with Crippen molar-refractivity contribution in [2.75, 3.05) is 46.1 Å². The maximum Gasteiger partial charge on any atom is 0.144 e. The predicted molar refractivity (Wildman–Crippen MR) is 86.3 cm³/mol. The molecule has 0 saturated carbocycles. The first-order chi connectivity index (χ1) is 9.55. The lowest BCUT2D eigenvalue weighted by Crippen LogP contribution is -2.51. The molecule has 1 fully saturated rings. The van der Waals surface area contributed by atoms with E-state index in [2.05, 4.69) is 57.0 Å². The molecule has 1 unspecified atom stereocenters. The summed E-state index contributed by atoms with van der Waals surface area (Å²) in [5, 5.41) is 3.15. The summed E-state index contributed by atoms with van der Waals surface area (Å²) in [7, 11) is 6.27. The van der Waals surface area contributed by atoms with Crippen LogP contribution in [-0.2, 0) is 12.8 Å². The van der Waals surface area contributed by atoms with E-state index in [-0.39, 0.29) is 0 Å². The van der Waals surface area contributed by atoms with E-state index in [0.29, 0.717) is 6.04 Å². The summed E-state index contributed by atoms with van der Waals surface area (Å²) in [6.45, 7) is 5.44. The number of likely N-dealkylation sites (N-methyl/N-ethyl adjacent to an activating group) is 2. The van der Waals surface area contributed by atoms with Gasteiger partial charge in [-0.2, -0.15) is 0 Å². The average Bonchev–Trinajstić information content (AvgIpc) is 2.44. The number of nitrogens with zero attached hydrogens (tertiary/aromatic N) is 4. The van der Waals surface area contributed by atoms with E-state index >= 15 is 0 Å². The third-order valence-electron chi connectivity index (χ3n) is 3.94. The lowest BCUT2D eigenvalue weighted by molar-refractivity contribution is 0.113. The highest BCUT2D eigenvalue weighted by Gasteiger charge is 2.24. The molecule has 2 rings (SSSR count). The van der Waals surface area contributed by atoms with Gasteiger partial charge >= 0.3 is 0 Å². The van der Waals surface area contributed by atoms with Gasteiger partial charge in [-0.3, -0.25) is 0 Å². The number of aromatic nitrogens is 2. The molecule has 1 saturated heterocycles. The molecule has 0 aliphatic carbocycles. The third-order valence-corrected chi connectivity index (χ3v) is 4.77. The van der Waals surface area contributed by atoms with Crippen LogP contribution in [0.1, 0.15) is 18.4 Å². The molecule has 1 N–H and O–H groups in total. The first-order valence-corrected chi connectivity index (χ1v) is 7.96. The first kappa shape index (κ1) is 15.7. The Labute approximate surface area is 129 Å². The highest BCUT2D eigenvalue weighted by Crippen LogP contribution is 2.24. The Morgan fingerprint density at radius 3 is 2.70 bits per heavy atom. The molecule has 0 bridgehead atoms. The summed E-state index contributed by atoms with van der Waals surface area (Å²) in [6, 6.07) is 0.490. The van der Waals surface area contributed by atoms with Gasteiger partial charge in [-0.1, -0.05) is 6.92 Å². The molecule has 0 amide bonds. The molecule has 5 nitrogen and oxygen atoms in total. The zero-order valence-corrected chi connectivity index (χ0v) is 14.4. The fourth-order valence-corrected chi connectivity index (χ4v) is 3.22. The predicted octanol–water partition coefficient (Wildman–Crippen LogP) is 1.63. The van der Waals surface area contributed by atoms with Gasteiger partial charge in [0.25, 0.3) is 0 Å². The summed E-state index contributed by atoms with van der Waals surface area (Å²) < 4.78 is 0.986. The number of anilines is 1. The number of hydrogen-bond donors (Lipinski definition) is 1. The van der Waals surface area contributed by atoms with Crippen molar-refractivity contribution < 1.29 is 0 Å². The number of aryl methyl sites for hydroxylation is 1. The van der Waals surface area contributed by atoms with Crippen molar-refractivity contribution in [3.05, 3.63) is 16.0 Å². The summed E-state index contributed by atoms with van der Waals surface area (Å²) in [5.41, 5.74) is 1.08. The molecule has 20 heavy (non-hydrogen) atoms. The van der Waals surface area contributed by atoms with Crippen molar-refractivity contribution in [2.45, 2.75) is 25.8 Å². The Bertz CT molecular complexity index is 440. The van der Waals surface area contributed by atoms with Gasteiger partial charge in [0, 0.05) is 39.1 Å². The van der Waals surface area contributed by atoms with Crippen molar-refractivity contribution in [2.24, 2.45) is 0 Å². The SMILES string of the molecule is CCc1nc(CC2CN(C)CCN2C)nc(NC)c1Br. The molecule has 6 heteroatoms. The van der Waals surface area contributed by atoms with Crippen molar-refractivity contribution >= 4 is 21.7 Å². The first-order valence-electron chi connectivity index (χ1n) is 7.17. The standard InChI is InChI=1S/C14H24BrN5/c1-5-11-13(15)14(16-2)18-12(17-11)8-10-9-19(3)6-7-20(10)4/h10H,5-9H2,1-4H3,(H,16,17,18). The van der Waals surface area contributed by atoms with E-state index in [1.54, 1.807) is 0 Å². The van der Waals surface area contributed by atoms with Crippen LogP contribution in [0.3, 0.4) is 0 Å². The van der Waals surface area contributed by atoms with Crippen LogP contribution in [0.5, 0.6) is 0 Å². The number of halogens is 1. The van der Waals surface area contributed by atoms with Crippen LogP contribution in [-0.4, -0.2) is 66.6 Å². The molecule has 1 atom stereocenters. The number of piperazine rings is 1. The van der Waals surface area contributed by atoms with E-state index in [1.807, 2.05) is 7.05 Å². The average molecular weight is 342 g/mol. The minimum atomic E-state index is 0.490. The van der Waals surface area contributed by atoms with Gasteiger partial charge in [0.15, 0.2) is 0 Å². The second-order valence-electron chi connectivity index (χ2n) is 5.45. The second-order valence-corrected chi connectivity index (χ2v) is 6.25. The summed E-state index contributed by atoms with van der Waals surface area (Å²) >= 11 is 3.58. The molecular formula is C14H24BrN5. The van der Waals surface area contributed by atoms with Gasteiger partial charge in [-0.15, -0.1) is 0 Å². The Hall–Kier alpha value is -0.720. The summed E-state index contributed by atoms with van der Waals surface area (Å²) in [6.07, 6.45) is 1.81. The minimum absolute atomic E-state index is 0.490. The van der Waals surface area contributed by atoms with Crippen LogP contribution >= 0.6 is 15.9 Å². The van der Waals surface area contributed by atoms with E-state index < -0.39 is 0 Å². The quantitative estimate of drug-likeness (QED) is 0.901. The largest absolute Gasteiger partial charge is 0.372 e. The molecule has 0 radical (unpaired) electrons. The zero-order chi connectivity index (χ0) is 14.7. The van der Waals surface area contributed by atoms with Crippen LogP contribution in [0.25, 0.3) is 0 Å². The molecule has 2 heterocycles. The van der Waals surface area contributed by atoms with Gasteiger partial charge in [0.05, 0.1) is 10.2 Å². The van der Waals surface area contributed by atoms with Crippen molar-refractivity contribution in [3.63, 3.8) is 0 Å². The van der Waals surface area contributed by atoms with E-state index in [4.69, 9.17) is 4.98 Å². The maximum absolute atomic E-state index is 4.71. The summed E-state index contributed by atoms with van der Waals surface area (Å²) in [5.74, 6) is 1.82. The second kappa shape index (κ2) is 6.83. The Morgan fingerprint density at radius 1 is 1.30 bits per heavy atom. The molecule has 1 aliphatic heterocycles. The topological polar surface area (TPSA) is 44.3 Å². The van der Waals surface area contributed by atoms with Crippen LogP contribution in [0, 0.1) is 0 Å². The van der Waals surface area contributed by atoms with E-state index in [0.717, 1.165) is 54.3 Å². The van der Waals surface area contributed by atoms with Gasteiger partial charge in [-0.05, 0) is 36.4 Å². The Morgan fingerprint density at radius 2 is 2.05 bits per heavy atom. The normalized spacial score (nSPS) is 21.1. The lowest BCUT2D eigenvalue weighted by atomic mass is 10.1. The summed E-state index contributed by atoms with van der Waals surface area (Å²) in [4.78, 5) is 14.1. The molecule has 0 spiro atoms. The van der Waals surface area contributed by atoms with Crippen molar-refractivity contribution in [1.29, 1.82) is 0 Å². The van der Waals surface area contributed by atoms with E-state index in [1.165, 1.54) is 0 Å². The van der Waals surface area contributed by atoms with E-state index in [9.17, 15) is 0 Å². The molecule has 0 aromatic carbocycles. The van der Waals surface area contributed by atoms with Gasteiger partial charge in [0.2, 0.25) is 0 Å². The molecule has 1 aliphatic rings. The van der Waals surface area contributed by atoms with Crippen LogP contribution < -0.4 is 5.32 Å². The van der Waals surface area contributed by atoms with Crippen molar-refractivity contribution in [1.82, 2.24) is 19.8 Å². The minimum Gasteiger partial charge on any atom is -0.372 e. The van der Waals surface area contributed by atoms with Gasteiger partial charge in [-0.25, -0.2) is 9.97 Å². The Kier molecular flexibility index (Phi) is 5.35. The van der Waals surface area contributed by atoms with Crippen molar-refractivity contribution in [3.8, 4) is 0 Å². The molecule has 1 aromatic rings.